The molecule has 2 aromatic heterocycles. The van der Waals surface area contributed by atoms with Crippen molar-refractivity contribution in [2.24, 2.45) is 0 Å². The van der Waals surface area contributed by atoms with Gasteiger partial charge in [-0.25, -0.2) is 9.37 Å². The van der Waals surface area contributed by atoms with Crippen molar-refractivity contribution in [1.29, 1.82) is 0 Å². The van der Waals surface area contributed by atoms with E-state index in [-0.39, 0.29) is 11.7 Å². The highest BCUT2D eigenvalue weighted by Crippen LogP contribution is 2.32. The predicted molar refractivity (Wildman–Crippen MR) is 97.5 cm³/mol. The van der Waals surface area contributed by atoms with E-state index in [4.69, 9.17) is 0 Å². The number of anilines is 2. The average molecular weight is 344 g/mol. The first-order valence-electron chi connectivity index (χ1n) is 7.52. The van der Waals surface area contributed by atoms with Crippen molar-refractivity contribution in [2.45, 2.75) is 13.8 Å². The number of rotatable bonds is 5. The Balaban J connectivity index is 2.06. The summed E-state index contributed by atoms with van der Waals surface area (Å²) in [5.41, 5.74) is 2.61. The van der Waals surface area contributed by atoms with Crippen LogP contribution in [0.15, 0.2) is 36.5 Å². The lowest BCUT2D eigenvalue weighted by Gasteiger charge is -2.10. The number of fused-ring (bicyclic) bond motifs is 1. The number of carbonyl (C=O) groups is 1. The number of H-pyrrole nitrogens is 1. The van der Waals surface area contributed by atoms with Crippen LogP contribution in [0, 0.1) is 5.82 Å². The van der Waals surface area contributed by atoms with E-state index in [1.807, 2.05) is 19.1 Å². The topological polar surface area (TPSA) is 69.8 Å². The third-order valence-corrected chi connectivity index (χ3v) is 4.09. The van der Waals surface area contributed by atoms with Crippen LogP contribution in [0.25, 0.3) is 22.2 Å². The van der Waals surface area contributed by atoms with Crippen molar-refractivity contribution in [3.8, 4) is 11.1 Å². The molecule has 0 radical (unpaired) electrons. The molecule has 3 aromatic rings. The van der Waals surface area contributed by atoms with E-state index in [0.29, 0.717) is 17.2 Å². The molecule has 0 saturated carbocycles. The first-order chi connectivity index (χ1) is 11.6. The Morgan fingerprint density at radius 2 is 2.17 bits per heavy atom. The molecule has 0 spiro atoms. The SMILES string of the molecule is CCSNc1ccc(-c2cc(NC(C)=O)nc3[nH]ccc23)cc1F. The van der Waals surface area contributed by atoms with E-state index in [0.717, 1.165) is 22.3 Å². The van der Waals surface area contributed by atoms with Gasteiger partial charge in [-0.3, -0.25) is 4.79 Å². The quantitative estimate of drug-likeness (QED) is 0.600. The van der Waals surface area contributed by atoms with Crippen LogP contribution in [0.2, 0.25) is 0 Å². The fourth-order valence-electron chi connectivity index (χ4n) is 2.44. The molecule has 3 N–H and O–H groups in total. The van der Waals surface area contributed by atoms with Crippen molar-refractivity contribution in [3.05, 3.63) is 42.3 Å². The standard InChI is InChI=1S/C17H17FN4OS/c1-3-24-22-15-5-4-11(8-14(15)18)13-9-16(20-10(2)23)21-17-12(13)6-7-19-17/h4-9,22H,3H2,1-2H3,(H2,19,20,21,23). The number of carbonyl (C=O) groups excluding carboxylic acids is 1. The smallest absolute Gasteiger partial charge is 0.222 e. The highest BCUT2D eigenvalue weighted by molar-refractivity contribution is 8.00. The fraction of sp³-hybridized carbons (Fsp3) is 0.176. The minimum absolute atomic E-state index is 0.207. The number of hydrogen-bond donors (Lipinski definition) is 3. The molecule has 0 aliphatic heterocycles. The number of nitrogens with zero attached hydrogens (tertiary/aromatic N) is 1. The maximum atomic E-state index is 14.3. The zero-order valence-corrected chi connectivity index (χ0v) is 14.1. The molecule has 0 saturated heterocycles. The molecule has 1 aromatic carbocycles. The van der Waals surface area contributed by atoms with Gasteiger partial charge in [0.15, 0.2) is 0 Å². The summed E-state index contributed by atoms with van der Waals surface area (Å²) in [5.74, 6) is 0.739. The molecule has 1 amide bonds. The maximum Gasteiger partial charge on any atom is 0.222 e. The van der Waals surface area contributed by atoms with Crippen LogP contribution < -0.4 is 10.0 Å². The van der Waals surface area contributed by atoms with E-state index in [9.17, 15) is 9.18 Å². The molecule has 0 aliphatic rings. The van der Waals surface area contributed by atoms with E-state index in [1.54, 1.807) is 18.3 Å². The zero-order valence-electron chi connectivity index (χ0n) is 13.3. The van der Waals surface area contributed by atoms with E-state index in [2.05, 4.69) is 20.0 Å². The third kappa shape index (κ3) is 3.35. The summed E-state index contributed by atoms with van der Waals surface area (Å²) in [4.78, 5) is 18.7. The number of aromatic nitrogens is 2. The summed E-state index contributed by atoms with van der Waals surface area (Å²) in [6, 6.07) is 8.68. The van der Waals surface area contributed by atoms with Gasteiger partial charge >= 0.3 is 0 Å². The number of nitrogens with one attached hydrogen (secondary N) is 3. The fourth-order valence-corrected chi connectivity index (χ4v) is 2.90. The molecule has 0 fully saturated rings. The van der Waals surface area contributed by atoms with Gasteiger partial charge < -0.3 is 15.0 Å². The van der Waals surface area contributed by atoms with Crippen molar-refractivity contribution >= 4 is 40.4 Å². The lowest BCUT2D eigenvalue weighted by Crippen LogP contribution is -2.07. The molecule has 5 nitrogen and oxygen atoms in total. The van der Waals surface area contributed by atoms with Crippen LogP contribution in [-0.2, 0) is 4.79 Å². The second-order valence-corrected chi connectivity index (χ2v) is 6.28. The van der Waals surface area contributed by atoms with Gasteiger partial charge in [0, 0.05) is 24.3 Å². The second kappa shape index (κ2) is 6.92. The molecule has 2 heterocycles. The zero-order chi connectivity index (χ0) is 17.1. The van der Waals surface area contributed by atoms with Crippen molar-refractivity contribution in [1.82, 2.24) is 9.97 Å². The molecule has 0 bridgehead atoms. The third-order valence-electron chi connectivity index (χ3n) is 3.44. The van der Waals surface area contributed by atoms with Gasteiger partial charge in [-0.1, -0.05) is 24.9 Å². The van der Waals surface area contributed by atoms with Gasteiger partial charge in [0.25, 0.3) is 0 Å². The van der Waals surface area contributed by atoms with Crippen LogP contribution in [0.4, 0.5) is 15.9 Å². The lowest BCUT2D eigenvalue weighted by molar-refractivity contribution is -0.114. The predicted octanol–water partition coefficient (Wildman–Crippen LogP) is 4.41. The minimum atomic E-state index is -0.324. The Labute approximate surface area is 143 Å². The first-order valence-corrected chi connectivity index (χ1v) is 8.50. The number of aromatic amines is 1. The van der Waals surface area contributed by atoms with Crippen LogP contribution in [0.1, 0.15) is 13.8 Å². The van der Waals surface area contributed by atoms with Crippen molar-refractivity contribution < 1.29 is 9.18 Å². The Morgan fingerprint density at radius 3 is 2.88 bits per heavy atom. The molecule has 0 aliphatic carbocycles. The number of benzene rings is 1. The second-order valence-electron chi connectivity index (χ2n) is 5.21. The van der Waals surface area contributed by atoms with Crippen LogP contribution >= 0.6 is 11.9 Å². The maximum absolute atomic E-state index is 14.3. The van der Waals surface area contributed by atoms with E-state index < -0.39 is 0 Å². The van der Waals surface area contributed by atoms with Gasteiger partial charge in [0.1, 0.15) is 17.3 Å². The minimum Gasteiger partial charge on any atom is -0.346 e. The van der Waals surface area contributed by atoms with Crippen molar-refractivity contribution in [2.75, 3.05) is 15.8 Å². The highest BCUT2D eigenvalue weighted by atomic mass is 32.2. The molecular formula is C17H17FN4OS. The van der Waals surface area contributed by atoms with Gasteiger partial charge in [-0.15, -0.1) is 0 Å². The normalized spacial score (nSPS) is 10.8. The number of hydrogen-bond acceptors (Lipinski definition) is 4. The van der Waals surface area contributed by atoms with Crippen molar-refractivity contribution in [3.63, 3.8) is 0 Å². The Bertz CT molecular complexity index is 893. The van der Waals surface area contributed by atoms with Crippen LogP contribution in [-0.4, -0.2) is 21.6 Å². The first kappa shape index (κ1) is 16.3. The van der Waals surface area contributed by atoms with E-state index in [1.165, 1.54) is 24.9 Å². The summed E-state index contributed by atoms with van der Waals surface area (Å²) in [5, 5.41) is 3.54. The number of pyridine rings is 1. The summed E-state index contributed by atoms with van der Waals surface area (Å²) < 4.78 is 17.3. The summed E-state index contributed by atoms with van der Waals surface area (Å²) in [7, 11) is 0. The number of amides is 1. The Hall–Kier alpha value is -2.54. The Kier molecular flexibility index (Phi) is 4.71. The molecular weight excluding hydrogens is 327 g/mol. The summed E-state index contributed by atoms with van der Waals surface area (Å²) >= 11 is 1.44. The van der Waals surface area contributed by atoms with Gasteiger partial charge in [0.2, 0.25) is 5.91 Å². The molecule has 7 heteroatoms. The summed E-state index contributed by atoms with van der Waals surface area (Å²) in [6.07, 6.45) is 1.77. The van der Waals surface area contributed by atoms with Crippen LogP contribution in [0.3, 0.4) is 0 Å². The lowest BCUT2D eigenvalue weighted by atomic mass is 10.0. The average Bonchev–Trinajstić information content (AvgIpc) is 3.00. The molecule has 24 heavy (non-hydrogen) atoms. The largest absolute Gasteiger partial charge is 0.346 e. The monoisotopic (exact) mass is 344 g/mol. The molecule has 0 atom stereocenters. The van der Waals surface area contributed by atoms with Crippen LogP contribution in [0.5, 0.6) is 0 Å². The molecule has 124 valence electrons. The number of halogens is 1. The highest BCUT2D eigenvalue weighted by Gasteiger charge is 2.12. The summed E-state index contributed by atoms with van der Waals surface area (Å²) in [6.45, 7) is 3.42. The van der Waals surface area contributed by atoms with Gasteiger partial charge in [-0.2, -0.15) is 0 Å². The van der Waals surface area contributed by atoms with E-state index >= 15 is 0 Å². The molecule has 0 unspecified atom stereocenters. The van der Waals surface area contributed by atoms with Gasteiger partial charge in [-0.05, 0) is 35.4 Å². The Morgan fingerprint density at radius 1 is 1.33 bits per heavy atom. The van der Waals surface area contributed by atoms with Gasteiger partial charge in [0.05, 0.1) is 5.69 Å². The molecule has 3 rings (SSSR count).